The molecule has 4 N–H and O–H groups in total. The SMILES string of the molecule is CCCOC(=O)Oc1c[nH]c2c(=O)[nH]c3ccc(S(=O)(=O)[C@@H]4CCC(N)C4)cc3c12. The second-order valence-electron chi connectivity index (χ2n) is 7.51. The van der Waals surface area contributed by atoms with E-state index in [0.29, 0.717) is 42.0 Å². The molecule has 0 amide bonds. The minimum absolute atomic E-state index is 0.0969. The third-order valence-corrected chi connectivity index (χ3v) is 7.61. The van der Waals surface area contributed by atoms with Gasteiger partial charge in [0.05, 0.1) is 22.1 Å². The average Bonchev–Trinajstić information content (AvgIpc) is 3.33. The average molecular weight is 433 g/mol. The largest absolute Gasteiger partial charge is 0.513 e. The quantitative estimate of drug-likeness (QED) is 0.524. The van der Waals surface area contributed by atoms with Crippen molar-refractivity contribution in [1.29, 1.82) is 0 Å². The van der Waals surface area contributed by atoms with Crippen molar-refractivity contribution in [3.8, 4) is 5.75 Å². The number of pyridine rings is 1. The molecule has 0 spiro atoms. The lowest BCUT2D eigenvalue weighted by molar-refractivity contribution is 0.0997. The summed E-state index contributed by atoms with van der Waals surface area (Å²) in [6, 6.07) is 4.41. The van der Waals surface area contributed by atoms with Gasteiger partial charge in [-0.25, -0.2) is 13.2 Å². The van der Waals surface area contributed by atoms with Crippen molar-refractivity contribution in [2.75, 3.05) is 6.61 Å². The van der Waals surface area contributed by atoms with Gasteiger partial charge in [0.1, 0.15) is 5.52 Å². The summed E-state index contributed by atoms with van der Waals surface area (Å²) in [5.41, 5.74) is 6.10. The van der Waals surface area contributed by atoms with Crippen LogP contribution in [-0.2, 0) is 14.6 Å². The Morgan fingerprint density at radius 3 is 2.80 bits per heavy atom. The molecule has 160 valence electrons. The normalized spacial score (nSPS) is 19.4. The Morgan fingerprint density at radius 2 is 2.10 bits per heavy atom. The predicted octanol–water partition coefficient (Wildman–Crippen LogP) is 2.59. The highest BCUT2D eigenvalue weighted by Crippen LogP contribution is 2.34. The molecule has 2 atom stereocenters. The summed E-state index contributed by atoms with van der Waals surface area (Å²) in [7, 11) is -3.59. The summed E-state index contributed by atoms with van der Waals surface area (Å²) < 4.78 is 36.4. The van der Waals surface area contributed by atoms with E-state index in [2.05, 4.69) is 9.97 Å². The van der Waals surface area contributed by atoms with Crippen LogP contribution in [0, 0.1) is 0 Å². The Morgan fingerprint density at radius 1 is 1.30 bits per heavy atom. The summed E-state index contributed by atoms with van der Waals surface area (Å²) >= 11 is 0. The van der Waals surface area contributed by atoms with Gasteiger partial charge in [-0.2, -0.15) is 0 Å². The van der Waals surface area contributed by atoms with Crippen LogP contribution in [0.1, 0.15) is 32.6 Å². The molecule has 1 fully saturated rings. The lowest BCUT2D eigenvalue weighted by Gasteiger charge is -2.13. The number of carbonyl (C=O) groups is 1. The molecule has 1 aliphatic rings. The Bertz CT molecular complexity index is 1280. The number of nitrogens with one attached hydrogen (secondary N) is 2. The van der Waals surface area contributed by atoms with Gasteiger partial charge >= 0.3 is 6.16 Å². The first-order valence-electron chi connectivity index (χ1n) is 9.82. The van der Waals surface area contributed by atoms with Crippen molar-refractivity contribution in [3.05, 3.63) is 34.7 Å². The minimum atomic E-state index is -3.59. The Balaban J connectivity index is 1.83. The van der Waals surface area contributed by atoms with Crippen LogP contribution >= 0.6 is 0 Å². The molecule has 0 bridgehead atoms. The highest BCUT2D eigenvalue weighted by molar-refractivity contribution is 7.92. The van der Waals surface area contributed by atoms with Crippen molar-refractivity contribution in [3.63, 3.8) is 0 Å². The molecule has 30 heavy (non-hydrogen) atoms. The van der Waals surface area contributed by atoms with Crippen molar-refractivity contribution < 1.29 is 22.7 Å². The second-order valence-corrected chi connectivity index (χ2v) is 9.73. The molecular formula is C20H23N3O6S. The van der Waals surface area contributed by atoms with Crippen LogP contribution in [-0.4, -0.2) is 42.4 Å². The smallest absolute Gasteiger partial charge is 0.434 e. The molecule has 1 aromatic carbocycles. The molecule has 1 aliphatic carbocycles. The number of aromatic amines is 2. The van der Waals surface area contributed by atoms with E-state index in [1.165, 1.54) is 18.3 Å². The van der Waals surface area contributed by atoms with E-state index in [9.17, 15) is 18.0 Å². The fraction of sp³-hybridized carbons (Fsp3) is 0.400. The van der Waals surface area contributed by atoms with E-state index in [-0.39, 0.29) is 28.8 Å². The molecule has 9 nitrogen and oxygen atoms in total. The van der Waals surface area contributed by atoms with Crippen molar-refractivity contribution in [2.45, 2.75) is 48.8 Å². The van der Waals surface area contributed by atoms with Gasteiger partial charge < -0.3 is 25.2 Å². The number of hydrogen-bond donors (Lipinski definition) is 3. The zero-order valence-corrected chi connectivity index (χ0v) is 17.3. The molecule has 1 saturated carbocycles. The fourth-order valence-corrected chi connectivity index (χ4v) is 5.76. The molecule has 0 aliphatic heterocycles. The predicted molar refractivity (Wildman–Crippen MR) is 111 cm³/mol. The van der Waals surface area contributed by atoms with E-state index in [4.69, 9.17) is 15.2 Å². The molecule has 2 heterocycles. The van der Waals surface area contributed by atoms with Gasteiger partial charge in [0.25, 0.3) is 5.56 Å². The zero-order valence-electron chi connectivity index (χ0n) is 16.4. The third-order valence-electron chi connectivity index (χ3n) is 5.39. The Hall–Kier alpha value is -2.85. The zero-order chi connectivity index (χ0) is 21.5. The number of hydrogen-bond acceptors (Lipinski definition) is 7. The summed E-state index contributed by atoms with van der Waals surface area (Å²) in [5, 5.41) is 0.240. The molecule has 0 radical (unpaired) electrons. The second kappa shape index (κ2) is 7.77. The van der Waals surface area contributed by atoms with Crippen LogP contribution in [0.5, 0.6) is 5.75 Å². The summed E-state index contributed by atoms with van der Waals surface area (Å²) in [6.07, 6.45) is 2.73. The number of benzene rings is 1. The van der Waals surface area contributed by atoms with Gasteiger partial charge in [-0.3, -0.25) is 4.79 Å². The summed E-state index contributed by atoms with van der Waals surface area (Å²) in [6.45, 7) is 2.06. The Labute approximate surface area is 172 Å². The number of aromatic nitrogens is 2. The van der Waals surface area contributed by atoms with Gasteiger partial charge in [-0.1, -0.05) is 6.92 Å². The first kappa shape index (κ1) is 20.4. The topological polar surface area (TPSA) is 144 Å². The molecule has 10 heteroatoms. The molecule has 1 unspecified atom stereocenters. The number of nitrogens with two attached hydrogens (primary N) is 1. The third kappa shape index (κ3) is 3.56. The van der Waals surface area contributed by atoms with Crippen LogP contribution in [0.3, 0.4) is 0 Å². The monoisotopic (exact) mass is 433 g/mol. The van der Waals surface area contributed by atoms with E-state index in [1.807, 2.05) is 6.92 Å². The standard InChI is InChI=1S/C20H23N3O6S/c1-2-7-28-20(25)29-16-10-22-18-17(16)14-9-13(5-6-15(14)23-19(18)24)30(26,27)12-4-3-11(21)8-12/h5-6,9-12,22H,2-4,7-8,21H2,1H3,(H,23,24)/t11?,12-/m1/s1. The first-order chi connectivity index (χ1) is 14.3. The van der Waals surface area contributed by atoms with Crippen LogP contribution in [0.4, 0.5) is 4.79 Å². The lowest BCUT2D eigenvalue weighted by Crippen LogP contribution is -2.22. The van der Waals surface area contributed by atoms with Gasteiger partial charge in [0.2, 0.25) is 0 Å². The Kier molecular flexibility index (Phi) is 5.29. The molecule has 4 rings (SSSR count). The first-order valence-corrected chi connectivity index (χ1v) is 11.4. The van der Waals surface area contributed by atoms with Gasteiger partial charge in [0, 0.05) is 23.1 Å². The molecule has 3 aromatic rings. The maximum atomic E-state index is 13.1. The van der Waals surface area contributed by atoms with Gasteiger partial charge in [-0.15, -0.1) is 0 Å². The number of carbonyl (C=O) groups excluding carboxylic acids is 1. The fourth-order valence-electron chi connectivity index (χ4n) is 3.89. The van der Waals surface area contributed by atoms with Crippen LogP contribution in [0.15, 0.2) is 34.1 Å². The number of ether oxygens (including phenoxy) is 2. The summed E-state index contributed by atoms with van der Waals surface area (Å²) in [4.78, 5) is 30.0. The van der Waals surface area contributed by atoms with Gasteiger partial charge in [-0.05, 0) is 43.9 Å². The van der Waals surface area contributed by atoms with E-state index < -0.39 is 26.8 Å². The number of fused-ring (bicyclic) bond motifs is 3. The maximum absolute atomic E-state index is 13.1. The van der Waals surface area contributed by atoms with E-state index in [1.54, 1.807) is 6.07 Å². The molecule has 2 aromatic heterocycles. The maximum Gasteiger partial charge on any atom is 0.513 e. The lowest BCUT2D eigenvalue weighted by atomic mass is 10.1. The van der Waals surface area contributed by atoms with Gasteiger partial charge in [0.15, 0.2) is 15.6 Å². The van der Waals surface area contributed by atoms with Crippen molar-refractivity contribution in [1.82, 2.24) is 9.97 Å². The highest BCUT2D eigenvalue weighted by Gasteiger charge is 2.34. The number of rotatable bonds is 5. The number of sulfone groups is 1. The summed E-state index contributed by atoms with van der Waals surface area (Å²) in [5.74, 6) is 0.0969. The minimum Gasteiger partial charge on any atom is -0.434 e. The van der Waals surface area contributed by atoms with E-state index >= 15 is 0 Å². The van der Waals surface area contributed by atoms with Crippen molar-refractivity contribution in [2.24, 2.45) is 5.73 Å². The molecular weight excluding hydrogens is 410 g/mol. The van der Waals surface area contributed by atoms with Crippen LogP contribution in [0.2, 0.25) is 0 Å². The van der Waals surface area contributed by atoms with Crippen LogP contribution < -0.4 is 16.0 Å². The number of H-pyrrole nitrogens is 2. The van der Waals surface area contributed by atoms with Crippen molar-refractivity contribution >= 4 is 37.8 Å². The van der Waals surface area contributed by atoms with Crippen LogP contribution in [0.25, 0.3) is 21.8 Å². The molecule has 0 saturated heterocycles. The van der Waals surface area contributed by atoms with E-state index in [0.717, 1.165) is 0 Å². The highest BCUT2D eigenvalue weighted by atomic mass is 32.2.